The SMILES string of the molecule is Cc1csc([C@](O)(CC(=O)NCC(=O)NC(C)(C)C)C(F)(F)F)n1. The highest BCUT2D eigenvalue weighted by Gasteiger charge is 2.58. The molecule has 0 aliphatic carbocycles. The lowest BCUT2D eigenvalue weighted by Gasteiger charge is -2.28. The summed E-state index contributed by atoms with van der Waals surface area (Å²) in [7, 11) is 0. The van der Waals surface area contributed by atoms with Crippen molar-refractivity contribution in [3.8, 4) is 0 Å². The third-order valence-electron chi connectivity index (χ3n) is 2.82. The van der Waals surface area contributed by atoms with E-state index >= 15 is 0 Å². The molecule has 0 aliphatic rings. The standard InChI is InChI=1S/C14H20F3N3O3S/c1-8-7-24-11(19-8)13(23,14(15,16)17)5-9(21)18-6-10(22)20-12(2,3)4/h7,23H,5-6H2,1-4H3,(H,18,21)(H,20,22)/t13-/m1/s1. The van der Waals surface area contributed by atoms with E-state index in [2.05, 4.69) is 15.6 Å². The number of thiazole rings is 1. The number of halogens is 3. The zero-order valence-corrected chi connectivity index (χ0v) is 14.6. The summed E-state index contributed by atoms with van der Waals surface area (Å²) in [4.78, 5) is 27.0. The molecular weight excluding hydrogens is 347 g/mol. The number of aromatic nitrogens is 1. The minimum Gasteiger partial charge on any atom is -0.374 e. The van der Waals surface area contributed by atoms with Crippen molar-refractivity contribution in [3.63, 3.8) is 0 Å². The summed E-state index contributed by atoms with van der Waals surface area (Å²) in [6, 6.07) is 0. The van der Waals surface area contributed by atoms with E-state index in [0.29, 0.717) is 17.0 Å². The fraction of sp³-hybridized carbons (Fsp3) is 0.643. The van der Waals surface area contributed by atoms with Crippen molar-refractivity contribution in [2.45, 2.75) is 51.4 Å². The molecule has 1 aromatic heterocycles. The Kier molecular flexibility index (Phi) is 5.99. The maximum Gasteiger partial charge on any atom is 0.424 e. The molecule has 0 bridgehead atoms. The molecule has 1 heterocycles. The first-order valence-electron chi connectivity index (χ1n) is 7.04. The fourth-order valence-corrected chi connectivity index (χ4v) is 2.69. The first kappa shape index (κ1) is 20.4. The highest BCUT2D eigenvalue weighted by molar-refractivity contribution is 7.09. The second-order valence-electron chi connectivity index (χ2n) is 6.40. The van der Waals surface area contributed by atoms with Crippen molar-refractivity contribution in [1.29, 1.82) is 0 Å². The Morgan fingerprint density at radius 3 is 2.25 bits per heavy atom. The van der Waals surface area contributed by atoms with Crippen molar-refractivity contribution in [1.82, 2.24) is 15.6 Å². The van der Waals surface area contributed by atoms with Gasteiger partial charge in [0, 0.05) is 16.6 Å². The summed E-state index contributed by atoms with van der Waals surface area (Å²) in [6.07, 6.45) is -6.35. The molecule has 0 aromatic carbocycles. The van der Waals surface area contributed by atoms with Gasteiger partial charge < -0.3 is 15.7 Å². The zero-order valence-electron chi connectivity index (χ0n) is 13.7. The smallest absolute Gasteiger partial charge is 0.374 e. The van der Waals surface area contributed by atoms with Crippen LogP contribution in [-0.4, -0.2) is 40.2 Å². The van der Waals surface area contributed by atoms with Gasteiger partial charge in [-0.25, -0.2) is 4.98 Å². The van der Waals surface area contributed by atoms with E-state index in [1.165, 1.54) is 12.3 Å². The van der Waals surface area contributed by atoms with Crippen molar-refractivity contribution in [3.05, 3.63) is 16.1 Å². The van der Waals surface area contributed by atoms with Crippen LogP contribution in [0.15, 0.2) is 5.38 Å². The minimum atomic E-state index is -5.08. The molecule has 6 nitrogen and oxygen atoms in total. The van der Waals surface area contributed by atoms with Crippen molar-refractivity contribution < 1.29 is 27.9 Å². The molecular formula is C14H20F3N3O3S. The van der Waals surface area contributed by atoms with Gasteiger partial charge in [-0.1, -0.05) is 0 Å². The number of carbonyl (C=O) groups excluding carboxylic acids is 2. The molecule has 1 aromatic rings. The summed E-state index contributed by atoms with van der Waals surface area (Å²) in [5, 5.41) is 15.4. The van der Waals surface area contributed by atoms with Gasteiger partial charge in [0.05, 0.1) is 13.0 Å². The molecule has 2 amide bonds. The van der Waals surface area contributed by atoms with Gasteiger partial charge in [-0.05, 0) is 27.7 Å². The van der Waals surface area contributed by atoms with Gasteiger partial charge in [-0.2, -0.15) is 13.2 Å². The third kappa shape index (κ3) is 5.45. The second kappa shape index (κ2) is 7.06. The van der Waals surface area contributed by atoms with Crippen molar-refractivity contribution in [2.24, 2.45) is 0 Å². The Bertz CT molecular complexity index is 610. The number of nitrogens with zero attached hydrogens (tertiary/aromatic N) is 1. The van der Waals surface area contributed by atoms with Crippen LogP contribution in [0.2, 0.25) is 0 Å². The number of hydrogen-bond donors (Lipinski definition) is 3. The van der Waals surface area contributed by atoms with E-state index in [4.69, 9.17) is 0 Å². The van der Waals surface area contributed by atoms with Gasteiger partial charge in [0.15, 0.2) is 0 Å². The fourth-order valence-electron chi connectivity index (χ4n) is 1.78. The average Bonchev–Trinajstić information content (AvgIpc) is 2.80. The normalized spacial score (nSPS) is 14.8. The molecule has 10 heteroatoms. The quantitative estimate of drug-likeness (QED) is 0.738. The first-order chi connectivity index (χ1) is 10.7. The Morgan fingerprint density at radius 2 is 1.83 bits per heavy atom. The number of rotatable bonds is 5. The van der Waals surface area contributed by atoms with Gasteiger partial charge in [-0.3, -0.25) is 9.59 Å². The van der Waals surface area contributed by atoms with E-state index in [0.717, 1.165) is 0 Å². The lowest BCUT2D eigenvalue weighted by molar-refractivity contribution is -0.267. The van der Waals surface area contributed by atoms with E-state index in [1.807, 2.05) is 0 Å². The molecule has 0 saturated carbocycles. The topological polar surface area (TPSA) is 91.3 Å². The van der Waals surface area contributed by atoms with Gasteiger partial charge in [0.1, 0.15) is 5.01 Å². The van der Waals surface area contributed by atoms with Crippen LogP contribution < -0.4 is 10.6 Å². The Hall–Kier alpha value is -1.68. The van der Waals surface area contributed by atoms with Gasteiger partial charge in [0.25, 0.3) is 0 Å². The number of aryl methyl sites for hydroxylation is 1. The van der Waals surface area contributed by atoms with Crippen LogP contribution in [0.25, 0.3) is 0 Å². The number of aliphatic hydroxyl groups is 1. The van der Waals surface area contributed by atoms with Gasteiger partial charge in [-0.15, -0.1) is 11.3 Å². The number of alkyl halides is 3. The summed E-state index contributed by atoms with van der Waals surface area (Å²) in [5.41, 5.74) is -3.62. The summed E-state index contributed by atoms with van der Waals surface area (Å²) < 4.78 is 39.7. The molecule has 0 fully saturated rings. The molecule has 0 radical (unpaired) electrons. The summed E-state index contributed by atoms with van der Waals surface area (Å²) in [6.45, 7) is 6.16. The molecule has 0 unspecified atom stereocenters. The number of carbonyl (C=O) groups is 2. The number of hydrogen-bond acceptors (Lipinski definition) is 5. The molecule has 0 aliphatic heterocycles. The predicted octanol–water partition coefficient (Wildman–Crippen LogP) is 1.62. The average molecular weight is 367 g/mol. The maximum atomic E-state index is 13.2. The number of amides is 2. The minimum absolute atomic E-state index is 0.308. The lowest BCUT2D eigenvalue weighted by atomic mass is 9.99. The number of nitrogens with one attached hydrogen (secondary N) is 2. The lowest BCUT2D eigenvalue weighted by Crippen LogP contribution is -2.49. The third-order valence-corrected chi connectivity index (χ3v) is 3.93. The van der Waals surface area contributed by atoms with Gasteiger partial charge >= 0.3 is 6.18 Å². The van der Waals surface area contributed by atoms with Crippen LogP contribution in [0, 0.1) is 6.92 Å². The molecule has 24 heavy (non-hydrogen) atoms. The zero-order chi connectivity index (χ0) is 18.8. The predicted molar refractivity (Wildman–Crippen MR) is 82.3 cm³/mol. The second-order valence-corrected chi connectivity index (χ2v) is 7.26. The van der Waals surface area contributed by atoms with E-state index < -0.39 is 47.1 Å². The van der Waals surface area contributed by atoms with Crippen molar-refractivity contribution >= 4 is 23.2 Å². The highest BCUT2D eigenvalue weighted by atomic mass is 32.1. The molecule has 1 rings (SSSR count). The van der Waals surface area contributed by atoms with E-state index in [1.54, 1.807) is 20.8 Å². The van der Waals surface area contributed by atoms with Crippen LogP contribution in [0.1, 0.15) is 37.9 Å². The largest absolute Gasteiger partial charge is 0.424 e. The molecule has 1 atom stereocenters. The monoisotopic (exact) mass is 367 g/mol. The van der Waals surface area contributed by atoms with Crippen LogP contribution in [0.3, 0.4) is 0 Å². The van der Waals surface area contributed by atoms with Crippen LogP contribution in [-0.2, 0) is 15.2 Å². The summed E-state index contributed by atoms with van der Waals surface area (Å²) >= 11 is 0.617. The Balaban J connectivity index is 2.78. The Labute approximate surface area is 141 Å². The highest BCUT2D eigenvalue weighted by Crippen LogP contribution is 2.42. The van der Waals surface area contributed by atoms with E-state index in [9.17, 15) is 27.9 Å². The molecule has 0 saturated heterocycles. The van der Waals surface area contributed by atoms with Gasteiger partial charge in [0.2, 0.25) is 17.4 Å². The maximum absolute atomic E-state index is 13.2. The van der Waals surface area contributed by atoms with E-state index in [-0.39, 0.29) is 0 Å². The molecule has 136 valence electrons. The molecule has 0 spiro atoms. The first-order valence-corrected chi connectivity index (χ1v) is 7.92. The van der Waals surface area contributed by atoms with Crippen LogP contribution in [0.4, 0.5) is 13.2 Å². The van der Waals surface area contributed by atoms with Crippen molar-refractivity contribution in [2.75, 3.05) is 6.54 Å². The Morgan fingerprint density at radius 1 is 1.25 bits per heavy atom. The summed E-state index contributed by atoms with van der Waals surface area (Å²) in [5.74, 6) is -1.65. The van der Waals surface area contributed by atoms with Crippen LogP contribution in [0.5, 0.6) is 0 Å². The van der Waals surface area contributed by atoms with Crippen LogP contribution >= 0.6 is 11.3 Å². The molecule has 3 N–H and O–H groups in total.